The van der Waals surface area contributed by atoms with Gasteiger partial charge in [0.2, 0.25) is 5.91 Å². The molecule has 2 aliphatic rings. The summed E-state index contributed by atoms with van der Waals surface area (Å²) in [5, 5.41) is 0. The molecule has 3 rings (SSSR count). The molecule has 1 amide bonds. The predicted octanol–water partition coefficient (Wildman–Crippen LogP) is 2.03. The summed E-state index contributed by atoms with van der Waals surface area (Å²) < 4.78 is 5.58. The highest BCUT2D eigenvalue weighted by molar-refractivity contribution is 5.85. The van der Waals surface area contributed by atoms with Crippen LogP contribution in [0.3, 0.4) is 0 Å². The molecule has 0 bridgehead atoms. The van der Waals surface area contributed by atoms with E-state index in [4.69, 9.17) is 11.2 Å². The average Bonchev–Trinajstić information content (AvgIpc) is 3.14. The van der Waals surface area contributed by atoms with Crippen molar-refractivity contribution < 1.29 is 9.53 Å². The van der Waals surface area contributed by atoms with Crippen LogP contribution in [0.25, 0.3) is 0 Å². The van der Waals surface area contributed by atoms with Crippen molar-refractivity contribution in [1.29, 1.82) is 0 Å². The number of rotatable bonds is 4. The van der Waals surface area contributed by atoms with Gasteiger partial charge in [0.1, 0.15) is 18.3 Å². The topological polar surface area (TPSA) is 29.5 Å². The molecule has 1 fully saturated rings. The maximum atomic E-state index is 12.6. The van der Waals surface area contributed by atoms with Crippen molar-refractivity contribution in [2.45, 2.75) is 18.8 Å². The highest BCUT2D eigenvalue weighted by atomic mass is 16.5. The highest BCUT2D eigenvalue weighted by Crippen LogP contribution is 2.36. The van der Waals surface area contributed by atoms with E-state index < -0.39 is 0 Å². The van der Waals surface area contributed by atoms with Gasteiger partial charge in [-0.2, -0.15) is 0 Å². The molecule has 1 aliphatic carbocycles. The fourth-order valence-corrected chi connectivity index (χ4v) is 2.54. The van der Waals surface area contributed by atoms with E-state index in [0.29, 0.717) is 19.1 Å². The van der Waals surface area contributed by atoms with Gasteiger partial charge in [-0.3, -0.25) is 4.79 Å². The summed E-state index contributed by atoms with van der Waals surface area (Å²) in [6, 6.07) is 7.75. The SMILES string of the molecule is C#CCN(CC1CC1)C(=O)C1COc2ccccc21. The molecule has 0 N–H and O–H groups in total. The number of carbonyl (C=O) groups excluding carboxylic acids is 1. The Labute approximate surface area is 113 Å². The number of benzene rings is 1. The minimum atomic E-state index is -0.191. The first-order valence-electron chi connectivity index (χ1n) is 6.73. The number of hydrogen-bond donors (Lipinski definition) is 0. The van der Waals surface area contributed by atoms with Crippen molar-refractivity contribution in [3.05, 3.63) is 29.8 Å². The van der Waals surface area contributed by atoms with Gasteiger partial charge in [-0.25, -0.2) is 0 Å². The van der Waals surface area contributed by atoms with E-state index in [-0.39, 0.29) is 11.8 Å². The summed E-state index contributed by atoms with van der Waals surface area (Å²) in [5.41, 5.74) is 0.991. The molecule has 1 atom stereocenters. The predicted molar refractivity (Wildman–Crippen MR) is 72.8 cm³/mol. The summed E-state index contributed by atoms with van der Waals surface area (Å²) in [5.74, 6) is 3.98. The number of para-hydroxylation sites is 1. The third-order valence-corrected chi connectivity index (χ3v) is 3.77. The fourth-order valence-electron chi connectivity index (χ4n) is 2.54. The van der Waals surface area contributed by atoms with Crippen LogP contribution in [0, 0.1) is 18.3 Å². The zero-order valence-electron chi connectivity index (χ0n) is 10.8. The third kappa shape index (κ3) is 2.44. The minimum Gasteiger partial charge on any atom is -0.492 e. The largest absolute Gasteiger partial charge is 0.492 e. The third-order valence-electron chi connectivity index (χ3n) is 3.77. The summed E-state index contributed by atoms with van der Waals surface area (Å²) in [7, 11) is 0. The van der Waals surface area contributed by atoms with Crippen LogP contribution in [0.2, 0.25) is 0 Å². The summed E-state index contributed by atoms with van der Waals surface area (Å²) in [4.78, 5) is 14.4. The van der Waals surface area contributed by atoms with Crippen LogP contribution in [-0.4, -0.2) is 30.5 Å². The van der Waals surface area contributed by atoms with Gasteiger partial charge in [0, 0.05) is 12.1 Å². The Morgan fingerprint density at radius 3 is 2.95 bits per heavy atom. The van der Waals surface area contributed by atoms with Gasteiger partial charge in [-0.05, 0) is 24.8 Å². The second kappa shape index (κ2) is 4.97. The van der Waals surface area contributed by atoms with E-state index in [0.717, 1.165) is 17.9 Å². The molecule has 1 saturated carbocycles. The number of hydrogen-bond acceptors (Lipinski definition) is 2. The number of terminal acetylenes is 1. The maximum absolute atomic E-state index is 12.6. The Balaban J connectivity index is 1.77. The molecule has 3 nitrogen and oxygen atoms in total. The lowest BCUT2D eigenvalue weighted by Gasteiger charge is -2.23. The van der Waals surface area contributed by atoms with Crippen molar-refractivity contribution in [2.75, 3.05) is 19.7 Å². The van der Waals surface area contributed by atoms with E-state index in [1.807, 2.05) is 29.2 Å². The molecule has 19 heavy (non-hydrogen) atoms. The first-order chi connectivity index (χ1) is 9.29. The Bertz CT molecular complexity index is 528. The quantitative estimate of drug-likeness (QED) is 0.770. The molecule has 98 valence electrons. The summed E-state index contributed by atoms with van der Waals surface area (Å²) in [6.45, 7) is 1.62. The van der Waals surface area contributed by atoms with Crippen LogP contribution < -0.4 is 4.74 Å². The van der Waals surface area contributed by atoms with Crippen LogP contribution in [0.15, 0.2) is 24.3 Å². The molecule has 1 heterocycles. The van der Waals surface area contributed by atoms with Crippen molar-refractivity contribution in [1.82, 2.24) is 4.90 Å². The number of amides is 1. The maximum Gasteiger partial charge on any atom is 0.234 e. The van der Waals surface area contributed by atoms with Crippen LogP contribution >= 0.6 is 0 Å². The second-order valence-corrected chi connectivity index (χ2v) is 5.27. The number of fused-ring (bicyclic) bond motifs is 1. The second-order valence-electron chi connectivity index (χ2n) is 5.27. The van der Waals surface area contributed by atoms with Crippen LogP contribution in [0.5, 0.6) is 5.75 Å². The van der Waals surface area contributed by atoms with Gasteiger partial charge < -0.3 is 9.64 Å². The van der Waals surface area contributed by atoms with Gasteiger partial charge in [0.25, 0.3) is 0 Å². The van der Waals surface area contributed by atoms with E-state index in [1.54, 1.807) is 0 Å². The Morgan fingerprint density at radius 1 is 1.42 bits per heavy atom. The average molecular weight is 255 g/mol. The molecule has 0 saturated heterocycles. The Kier molecular flexibility index (Phi) is 3.16. The molecular formula is C16H17NO2. The van der Waals surface area contributed by atoms with E-state index in [2.05, 4.69) is 5.92 Å². The number of carbonyl (C=O) groups is 1. The van der Waals surface area contributed by atoms with Crippen LogP contribution in [0.1, 0.15) is 24.3 Å². The minimum absolute atomic E-state index is 0.106. The zero-order valence-corrected chi connectivity index (χ0v) is 10.8. The standard InChI is InChI=1S/C16H17NO2/c1-2-9-17(10-12-7-8-12)16(18)14-11-19-15-6-4-3-5-13(14)15/h1,3-6,12,14H,7-11H2. The zero-order chi connectivity index (χ0) is 13.2. The normalized spacial score (nSPS) is 20.3. The Hall–Kier alpha value is -1.95. The van der Waals surface area contributed by atoms with E-state index >= 15 is 0 Å². The smallest absolute Gasteiger partial charge is 0.234 e. The van der Waals surface area contributed by atoms with E-state index in [9.17, 15) is 4.79 Å². The van der Waals surface area contributed by atoms with Crippen molar-refractivity contribution >= 4 is 5.91 Å². The van der Waals surface area contributed by atoms with Gasteiger partial charge in [-0.15, -0.1) is 6.42 Å². The van der Waals surface area contributed by atoms with Crippen molar-refractivity contribution in [3.8, 4) is 18.1 Å². The molecule has 0 spiro atoms. The summed E-state index contributed by atoms with van der Waals surface area (Å²) in [6.07, 6.45) is 7.81. The van der Waals surface area contributed by atoms with Crippen LogP contribution in [-0.2, 0) is 4.79 Å². The van der Waals surface area contributed by atoms with Crippen LogP contribution in [0.4, 0.5) is 0 Å². The Morgan fingerprint density at radius 2 is 2.21 bits per heavy atom. The molecular weight excluding hydrogens is 238 g/mol. The molecule has 0 aromatic heterocycles. The molecule has 3 heteroatoms. The molecule has 1 unspecified atom stereocenters. The van der Waals surface area contributed by atoms with Gasteiger partial charge in [0.15, 0.2) is 0 Å². The lowest BCUT2D eigenvalue weighted by atomic mass is 9.99. The van der Waals surface area contributed by atoms with E-state index in [1.165, 1.54) is 12.8 Å². The monoisotopic (exact) mass is 255 g/mol. The highest BCUT2D eigenvalue weighted by Gasteiger charge is 2.35. The summed E-state index contributed by atoms with van der Waals surface area (Å²) >= 11 is 0. The van der Waals surface area contributed by atoms with Gasteiger partial charge in [-0.1, -0.05) is 24.1 Å². The fraction of sp³-hybridized carbons (Fsp3) is 0.438. The first-order valence-corrected chi connectivity index (χ1v) is 6.73. The molecule has 1 aromatic carbocycles. The van der Waals surface area contributed by atoms with Gasteiger partial charge in [0.05, 0.1) is 6.54 Å². The van der Waals surface area contributed by atoms with Crippen molar-refractivity contribution in [2.24, 2.45) is 5.92 Å². The molecule has 0 radical (unpaired) electrons. The lowest BCUT2D eigenvalue weighted by Crippen LogP contribution is -2.37. The van der Waals surface area contributed by atoms with Crippen molar-refractivity contribution in [3.63, 3.8) is 0 Å². The number of nitrogens with zero attached hydrogens (tertiary/aromatic N) is 1. The number of ether oxygens (including phenoxy) is 1. The lowest BCUT2D eigenvalue weighted by molar-refractivity contribution is -0.132. The molecule has 1 aromatic rings. The molecule has 1 aliphatic heterocycles. The first kappa shape index (κ1) is 12.1. The van der Waals surface area contributed by atoms with Gasteiger partial charge >= 0.3 is 0 Å².